The maximum atomic E-state index is 9.00. The Morgan fingerprint density at radius 3 is 2.09 bits per heavy atom. The maximum absolute atomic E-state index is 9.00. The number of carboxylic acids is 1. The molecule has 1 aromatic rings. The van der Waals surface area contributed by atoms with Gasteiger partial charge in [-0.25, -0.2) is 9.97 Å². The molecule has 11 heavy (non-hydrogen) atoms. The quantitative estimate of drug-likeness (QED) is 0.601. The Morgan fingerprint density at radius 1 is 1.55 bits per heavy atom. The molecule has 0 bridgehead atoms. The highest BCUT2D eigenvalue weighted by Crippen LogP contribution is 1.92. The van der Waals surface area contributed by atoms with Gasteiger partial charge in [-0.2, -0.15) is 0 Å². The smallest absolute Gasteiger partial charge is 0.300 e. The van der Waals surface area contributed by atoms with Gasteiger partial charge in [0, 0.05) is 19.3 Å². The van der Waals surface area contributed by atoms with E-state index in [1.54, 1.807) is 18.5 Å². The van der Waals surface area contributed by atoms with Gasteiger partial charge in [-0.05, 0) is 17.7 Å². The number of hydrogen-bond acceptors (Lipinski definition) is 3. The van der Waals surface area contributed by atoms with E-state index >= 15 is 0 Å². The lowest BCUT2D eigenvalue weighted by Gasteiger charge is -1.78. The van der Waals surface area contributed by atoms with E-state index in [4.69, 9.17) is 21.5 Å². The van der Waals surface area contributed by atoms with Crippen molar-refractivity contribution < 1.29 is 9.90 Å². The van der Waals surface area contributed by atoms with Crippen molar-refractivity contribution in [3.63, 3.8) is 0 Å². The third-order valence-corrected chi connectivity index (χ3v) is 0.729. The lowest BCUT2D eigenvalue weighted by molar-refractivity contribution is -0.134. The molecule has 0 amide bonds. The zero-order valence-corrected chi connectivity index (χ0v) is 6.62. The van der Waals surface area contributed by atoms with Gasteiger partial charge in [-0.15, -0.1) is 0 Å². The van der Waals surface area contributed by atoms with Gasteiger partial charge in [0.15, 0.2) is 0 Å². The molecule has 0 saturated heterocycles. The predicted molar refractivity (Wildman–Crippen MR) is 40.4 cm³/mol. The Bertz CT molecular complexity index is 211. The Balaban J connectivity index is 0.000000218. The number of aliphatic carboxylic acids is 1. The van der Waals surface area contributed by atoms with E-state index in [0.29, 0.717) is 5.28 Å². The van der Waals surface area contributed by atoms with Gasteiger partial charge >= 0.3 is 0 Å². The largest absolute Gasteiger partial charge is 0.481 e. The summed E-state index contributed by atoms with van der Waals surface area (Å²) in [5.74, 6) is -0.833. The van der Waals surface area contributed by atoms with Crippen molar-refractivity contribution in [3.8, 4) is 0 Å². The van der Waals surface area contributed by atoms with Crippen molar-refractivity contribution in [2.75, 3.05) is 0 Å². The molecule has 0 aromatic carbocycles. The molecule has 1 rings (SSSR count). The zero-order chi connectivity index (χ0) is 8.69. The number of aromatic nitrogens is 2. The van der Waals surface area contributed by atoms with Crippen molar-refractivity contribution in [2.24, 2.45) is 0 Å². The molecule has 4 nitrogen and oxygen atoms in total. The fourth-order valence-corrected chi connectivity index (χ4v) is 0.394. The standard InChI is InChI=1S/C4H3ClN2.C2H4O2/c5-4-6-2-1-3-7-4;1-2(3)4/h1-3H;1H3,(H,3,4). The molecule has 0 spiro atoms. The van der Waals surface area contributed by atoms with Crippen LogP contribution in [-0.4, -0.2) is 21.0 Å². The first-order chi connectivity index (χ1) is 5.13. The van der Waals surface area contributed by atoms with Crippen LogP contribution in [0.4, 0.5) is 0 Å². The third-order valence-electron chi connectivity index (χ3n) is 0.534. The first-order valence-corrected chi connectivity index (χ1v) is 3.12. The Hall–Kier alpha value is -1.16. The summed E-state index contributed by atoms with van der Waals surface area (Å²) < 4.78 is 0. The van der Waals surface area contributed by atoms with Crippen LogP contribution in [0.15, 0.2) is 18.5 Å². The van der Waals surface area contributed by atoms with Crippen LogP contribution in [-0.2, 0) is 4.79 Å². The molecular weight excluding hydrogens is 168 g/mol. The average molecular weight is 175 g/mol. The number of carboxylic acid groups (broad SMARTS) is 1. The van der Waals surface area contributed by atoms with E-state index < -0.39 is 5.97 Å². The minimum Gasteiger partial charge on any atom is -0.481 e. The lowest BCUT2D eigenvalue weighted by atomic mass is 10.7. The summed E-state index contributed by atoms with van der Waals surface area (Å²) in [6, 6.07) is 1.71. The fourth-order valence-electron chi connectivity index (χ4n) is 0.281. The Morgan fingerprint density at radius 2 is 1.91 bits per heavy atom. The third kappa shape index (κ3) is 8.84. The van der Waals surface area contributed by atoms with Crippen LogP contribution in [0, 0.1) is 0 Å². The van der Waals surface area contributed by atoms with E-state index in [1.807, 2.05) is 0 Å². The van der Waals surface area contributed by atoms with Crippen molar-refractivity contribution in [2.45, 2.75) is 6.92 Å². The fraction of sp³-hybridized carbons (Fsp3) is 0.167. The van der Waals surface area contributed by atoms with E-state index in [0.717, 1.165) is 6.92 Å². The van der Waals surface area contributed by atoms with Crippen LogP contribution in [0.5, 0.6) is 0 Å². The summed E-state index contributed by atoms with van der Waals surface area (Å²) in [4.78, 5) is 16.3. The zero-order valence-electron chi connectivity index (χ0n) is 5.86. The van der Waals surface area contributed by atoms with Crippen LogP contribution in [0.2, 0.25) is 5.28 Å². The van der Waals surface area contributed by atoms with Crippen molar-refractivity contribution in [3.05, 3.63) is 23.7 Å². The molecule has 1 N–H and O–H groups in total. The Kier molecular flexibility index (Phi) is 5.02. The van der Waals surface area contributed by atoms with Crippen LogP contribution in [0.25, 0.3) is 0 Å². The Labute approximate surface area is 68.9 Å². The summed E-state index contributed by atoms with van der Waals surface area (Å²) in [7, 11) is 0. The summed E-state index contributed by atoms with van der Waals surface area (Å²) in [6.45, 7) is 1.08. The topological polar surface area (TPSA) is 63.1 Å². The van der Waals surface area contributed by atoms with Crippen molar-refractivity contribution >= 4 is 17.6 Å². The van der Waals surface area contributed by atoms with Gasteiger partial charge < -0.3 is 5.11 Å². The number of nitrogens with zero attached hydrogens (tertiary/aromatic N) is 2. The highest BCUT2D eigenvalue weighted by molar-refractivity contribution is 6.28. The first-order valence-electron chi connectivity index (χ1n) is 2.75. The summed E-state index contributed by atoms with van der Waals surface area (Å²) in [5.41, 5.74) is 0. The molecule has 0 atom stereocenters. The van der Waals surface area contributed by atoms with Crippen LogP contribution >= 0.6 is 11.6 Å². The summed E-state index contributed by atoms with van der Waals surface area (Å²) in [6.07, 6.45) is 3.19. The first kappa shape index (κ1) is 9.84. The van der Waals surface area contributed by atoms with E-state index in [9.17, 15) is 0 Å². The highest BCUT2D eigenvalue weighted by Gasteiger charge is 1.78. The molecule has 60 valence electrons. The second-order valence-electron chi connectivity index (χ2n) is 1.54. The highest BCUT2D eigenvalue weighted by atomic mass is 35.5. The molecular formula is C6H7ClN2O2. The van der Waals surface area contributed by atoms with Crippen LogP contribution < -0.4 is 0 Å². The summed E-state index contributed by atoms with van der Waals surface area (Å²) in [5, 5.41) is 7.71. The van der Waals surface area contributed by atoms with Gasteiger partial charge in [0.25, 0.3) is 5.97 Å². The normalized spacial score (nSPS) is 7.82. The molecule has 0 aliphatic heterocycles. The van der Waals surface area contributed by atoms with E-state index in [1.165, 1.54) is 0 Å². The van der Waals surface area contributed by atoms with Gasteiger partial charge in [-0.1, -0.05) is 0 Å². The monoisotopic (exact) mass is 174 g/mol. The molecule has 0 radical (unpaired) electrons. The number of halogens is 1. The van der Waals surface area contributed by atoms with Crippen molar-refractivity contribution in [1.82, 2.24) is 9.97 Å². The molecule has 1 heterocycles. The van der Waals surface area contributed by atoms with Crippen LogP contribution in [0.3, 0.4) is 0 Å². The molecule has 1 aromatic heterocycles. The van der Waals surface area contributed by atoms with E-state index in [-0.39, 0.29) is 0 Å². The number of rotatable bonds is 0. The molecule has 0 fully saturated rings. The second kappa shape index (κ2) is 5.61. The predicted octanol–water partition coefficient (Wildman–Crippen LogP) is 1.22. The minimum atomic E-state index is -0.833. The molecule has 5 heteroatoms. The summed E-state index contributed by atoms with van der Waals surface area (Å²) >= 11 is 5.32. The molecule has 0 aliphatic rings. The van der Waals surface area contributed by atoms with Gasteiger partial charge in [-0.3, -0.25) is 4.79 Å². The molecule has 0 unspecified atom stereocenters. The second-order valence-corrected chi connectivity index (χ2v) is 1.87. The van der Waals surface area contributed by atoms with E-state index in [2.05, 4.69) is 9.97 Å². The number of carbonyl (C=O) groups is 1. The lowest BCUT2D eigenvalue weighted by Crippen LogP contribution is -1.78. The average Bonchev–Trinajstić information content (AvgIpc) is 1.87. The maximum Gasteiger partial charge on any atom is 0.300 e. The number of hydrogen-bond donors (Lipinski definition) is 1. The molecule has 0 aliphatic carbocycles. The minimum absolute atomic E-state index is 0.294. The molecule has 0 saturated carbocycles. The van der Waals surface area contributed by atoms with Gasteiger partial charge in [0.1, 0.15) is 0 Å². The van der Waals surface area contributed by atoms with Crippen molar-refractivity contribution in [1.29, 1.82) is 0 Å². The van der Waals surface area contributed by atoms with Gasteiger partial charge in [0.2, 0.25) is 5.28 Å². The SMILES string of the molecule is CC(=O)O.Clc1ncccn1. The van der Waals surface area contributed by atoms with Gasteiger partial charge in [0.05, 0.1) is 0 Å². The van der Waals surface area contributed by atoms with Crippen LogP contribution in [0.1, 0.15) is 6.92 Å².